The first kappa shape index (κ1) is 22.0. The van der Waals surface area contributed by atoms with E-state index in [4.69, 9.17) is 4.74 Å². The van der Waals surface area contributed by atoms with Crippen LogP contribution < -0.4 is 0 Å². The minimum atomic E-state index is 0.0784. The average molecular weight is 381 g/mol. The predicted molar refractivity (Wildman–Crippen MR) is 114 cm³/mol. The minimum absolute atomic E-state index is 0.0784. The molecule has 1 heterocycles. The Bertz CT molecular complexity index is 496. The highest BCUT2D eigenvalue weighted by Gasteiger charge is 2.40. The molecular formula is C23H40O2S. The number of carbonyl (C=O) groups excluding carboxylic acids is 1. The van der Waals surface area contributed by atoms with Gasteiger partial charge in [0.05, 0.1) is 6.10 Å². The number of allylic oxidation sites excluding steroid dienone is 2. The van der Waals surface area contributed by atoms with Crippen LogP contribution in [0.3, 0.4) is 0 Å². The Balaban J connectivity index is 1.98. The van der Waals surface area contributed by atoms with Crippen LogP contribution in [0.1, 0.15) is 74.1 Å². The predicted octanol–water partition coefficient (Wildman–Crippen LogP) is 6.15. The standard InChI is InChI=1S/C23H40O2S/c1-15(2)22(20-13-16(3)10-12-25-20)26-18(5)14-19(24)21-17(4)9-8-11-23(21,6)7/h8-9,15-18,20-22H,10-14H2,1-7H3. The van der Waals surface area contributed by atoms with Crippen molar-refractivity contribution >= 4 is 17.5 Å². The molecule has 1 saturated heterocycles. The maximum atomic E-state index is 13.1. The van der Waals surface area contributed by atoms with E-state index in [1.165, 1.54) is 6.42 Å². The zero-order valence-electron chi connectivity index (χ0n) is 18.0. The lowest BCUT2D eigenvalue weighted by Crippen LogP contribution is -2.39. The van der Waals surface area contributed by atoms with Gasteiger partial charge in [-0.25, -0.2) is 0 Å². The summed E-state index contributed by atoms with van der Waals surface area (Å²) in [5.74, 6) is 2.28. The van der Waals surface area contributed by atoms with Gasteiger partial charge in [-0.1, -0.05) is 60.6 Å². The Hall–Kier alpha value is -0.280. The molecule has 0 spiro atoms. The van der Waals surface area contributed by atoms with Crippen LogP contribution >= 0.6 is 11.8 Å². The lowest BCUT2D eigenvalue weighted by atomic mass is 9.65. The lowest BCUT2D eigenvalue weighted by molar-refractivity contribution is -0.128. The van der Waals surface area contributed by atoms with Crippen LogP contribution in [-0.4, -0.2) is 29.0 Å². The van der Waals surface area contributed by atoms with Crippen LogP contribution in [0.5, 0.6) is 0 Å². The van der Waals surface area contributed by atoms with E-state index >= 15 is 0 Å². The normalized spacial score (nSPS) is 33.8. The molecule has 0 bridgehead atoms. The number of ketones is 1. The van der Waals surface area contributed by atoms with Crippen molar-refractivity contribution in [3.05, 3.63) is 12.2 Å². The summed E-state index contributed by atoms with van der Waals surface area (Å²) in [6.45, 7) is 16.8. The molecule has 1 aliphatic carbocycles. The van der Waals surface area contributed by atoms with Gasteiger partial charge in [0.2, 0.25) is 0 Å². The van der Waals surface area contributed by atoms with Gasteiger partial charge in [-0.2, -0.15) is 11.8 Å². The van der Waals surface area contributed by atoms with E-state index in [1.54, 1.807) is 0 Å². The van der Waals surface area contributed by atoms with Gasteiger partial charge in [0.25, 0.3) is 0 Å². The monoisotopic (exact) mass is 380 g/mol. The number of ether oxygens (including phenoxy) is 1. The van der Waals surface area contributed by atoms with E-state index < -0.39 is 0 Å². The quantitative estimate of drug-likeness (QED) is 0.496. The van der Waals surface area contributed by atoms with Gasteiger partial charge in [0.1, 0.15) is 5.78 Å². The molecule has 6 atom stereocenters. The fourth-order valence-electron chi connectivity index (χ4n) is 4.90. The van der Waals surface area contributed by atoms with Gasteiger partial charge in [-0.15, -0.1) is 0 Å². The number of hydrogen-bond acceptors (Lipinski definition) is 3. The summed E-state index contributed by atoms with van der Waals surface area (Å²) < 4.78 is 6.13. The third kappa shape index (κ3) is 5.61. The summed E-state index contributed by atoms with van der Waals surface area (Å²) in [5.41, 5.74) is 0.0784. The molecule has 0 saturated carbocycles. The summed E-state index contributed by atoms with van der Waals surface area (Å²) in [6.07, 6.45) is 8.87. The molecule has 0 aromatic carbocycles. The van der Waals surface area contributed by atoms with Crippen LogP contribution in [0.4, 0.5) is 0 Å². The molecule has 2 aliphatic rings. The molecule has 0 N–H and O–H groups in total. The Labute approximate surface area is 165 Å². The molecule has 0 aromatic heterocycles. The van der Waals surface area contributed by atoms with Crippen LogP contribution in [0, 0.1) is 29.1 Å². The molecular weight excluding hydrogens is 340 g/mol. The lowest BCUT2D eigenvalue weighted by Gasteiger charge is -2.40. The average Bonchev–Trinajstić information content (AvgIpc) is 2.51. The maximum Gasteiger partial charge on any atom is 0.138 e. The van der Waals surface area contributed by atoms with E-state index in [0.29, 0.717) is 40.6 Å². The topological polar surface area (TPSA) is 26.3 Å². The van der Waals surface area contributed by atoms with Gasteiger partial charge in [0.15, 0.2) is 0 Å². The zero-order chi connectivity index (χ0) is 19.5. The summed E-state index contributed by atoms with van der Waals surface area (Å²) in [4.78, 5) is 13.1. The largest absolute Gasteiger partial charge is 0.377 e. The second kappa shape index (κ2) is 9.28. The number of Topliss-reactive ketones (excluding diaryl/α,β-unsaturated/α-hetero) is 1. The van der Waals surface area contributed by atoms with Crippen LogP contribution in [-0.2, 0) is 9.53 Å². The Morgan fingerprint density at radius 3 is 2.54 bits per heavy atom. The molecule has 2 rings (SSSR count). The van der Waals surface area contributed by atoms with Gasteiger partial charge in [-0.3, -0.25) is 4.79 Å². The zero-order valence-corrected chi connectivity index (χ0v) is 18.8. The highest BCUT2D eigenvalue weighted by molar-refractivity contribution is 8.00. The Morgan fingerprint density at radius 1 is 1.27 bits per heavy atom. The molecule has 3 heteroatoms. The first-order valence-corrected chi connectivity index (χ1v) is 11.5. The SMILES string of the molecule is CC1CCOC(C(SC(C)CC(=O)C2C(C)C=CCC2(C)C)C(C)C)C1. The van der Waals surface area contributed by atoms with Crippen molar-refractivity contribution in [3.8, 4) is 0 Å². The molecule has 26 heavy (non-hydrogen) atoms. The van der Waals surface area contributed by atoms with Crippen molar-refractivity contribution < 1.29 is 9.53 Å². The fourth-order valence-corrected chi connectivity index (χ4v) is 6.37. The highest BCUT2D eigenvalue weighted by Crippen LogP contribution is 2.43. The molecule has 0 radical (unpaired) electrons. The molecule has 6 unspecified atom stereocenters. The van der Waals surface area contributed by atoms with Crippen molar-refractivity contribution in [3.63, 3.8) is 0 Å². The summed E-state index contributed by atoms with van der Waals surface area (Å²) in [5, 5.41) is 0.835. The van der Waals surface area contributed by atoms with Crippen molar-refractivity contribution in [1.82, 2.24) is 0 Å². The summed E-state index contributed by atoms with van der Waals surface area (Å²) in [7, 11) is 0. The number of hydrogen-bond donors (Lipinski definition) is 0. The van der Waals surface area contributed by atoms with Crippen molar-refractivity contribution in [2.45, 2.75) is 90.8 Å². The van der Waals surface area contributed by atoms with E-state index in [-0.39, 0.29) is 11.3 Å². The molecule has 0 amide bonds. The van der Waals surface area contributed by atoms with Crippen molar-refractivity contribution in [2.75, 3.05) is 6.61 Å². The third-order valence-corrected chi connectivity index (χ3v) is 8.07. The molecule has 1 aliphatic heterocycles. The second-order valence-electron chi connectivity index (χ2n) is 9.82. The van der Waals surface area contributed by atoms with Gasteiger partial charge in [0, 0.05) is 29.4 Å². The Morgan fingerprint density at radius 2 is 1.96 bits per heavy atom. The van der Waals surface area contributed by atoms with E-state index in [0.717, 1.165) is 25.4 Å². The minimum Gasteiger partial charge on any atom is -0.377 e. The molecule has 150 valence electrons. The van der Waals surface area contributed by atoms with Crippen LogP contribution in [0.15, 0.2) is 12.2 Å². The van der Waals surface area contributed by atoms with Gasteiger partial charge >= 0.3 is 0 Å². The molecule has 0 aromatic rings. The van der Waals surface area contributed by atoms with E-state index in [9.17, 15) is 4.79 Å². The number of rotatable bonds is 7. The third-order valence-electron chi connectivity index (χ3n) is 6.28. The van der Waals surface area contributed by atoms with Crippen molar-refractivity contribution in [1.29, 1.82) is 0 Å². The Kier molecular flexibility index (Phi) is 7.85. The number of thioether (sulfide) groups is 1. The molecule has 1 fully saturated rings. The van der Waals surface area contributed by atoms with Gasteiger partial charge in [-0.05, 0) is 42.4 Å². The number of carbonyl (C=O) groups is 1. The van der Waals surface area contributed by atoms with Gasteiger partial charge < -0.3 is 4.74 Å². The maximum absolute atomic E-state index is 13.1. The van der Waals surface area contributed by atoms with Crippen molar-refractivity contribution in [2.24, 2.45) is 29.1 Å². The van der Waals surface area contributed by atoms with E-state index in [2.05, 4.69) is 60.6 Å². The smallest absolute Gasteiger partial charge is 0.138 e. The second-order valence-corrected chi connectivity index (χ2v) is 11.4. The highest BCUT2D eigenvalue weighted by atomic mass is 32.2. The first-order chi connectivity index (χ1) is 12.1. The van der Waals surface area contributed by atoms with Crippen LogP contribution in [0.2, 0.25) is 0 Å². The fraction of sp³-hybridized carbons (Fsp3) is 0.870. The summed E-state index contributed by atoms with van der Waals surface area (Å²) >= 11 is 1.99. The van der Waals surface area contributed by atoms with E-state index in [1.807, 2.05) is 11.8 Å². The molecule has 2 nitrogen and oxygen atoms in total. The first-order valence-electron chi connectivity index (χ1n) is 10.6. The summed E-state index contributed by atoms with van der Waals surface area (Å²) in [6, 6.07) is 0. The van der Waals surface area contributed by atoms with Crippen LogP contribution in [0.25, 0.3) is 0 Å².